The molecule has 7 heteroatoms. The van der Waals surface area contributed by atoms with E-state index in [4.69, 9.17) is 0 Å². The van der Waals surface area contributed by atoms with Crippen molar-refractivity contribution >= 4 is 45.0 Å². The fourth-order valence-electron chi connectivity index (χ4n) is 5.69. The van der Waals surface area contributed by atoms with Gasteiger partial charge in [0.1, 0.15) is 6.04 Å². The molecule has 0 spiro atoms. The zero-order valence-corrected chi connectivity index (χ0v) is 22.0. The van der Waals surface area contributed by atoms with Crippen LogP contribution in [0, 0.1) is 18.8 Å². The second-order valence-electron chi connectivity index (χ2n) is 9.79. The first-order valence-electron chi connectivity index (χ1n) is 12.4. The second kappa shape index (κ2) is 9.33. The summed E-state index contributed by atoms with van der Waals surface area (Å²) in [7, 11) is 0. The van der Waals surface area contributed by atoms with Gasteiger partial charge in [-0.3, -0.25) is 19.2 Å². The van der Waals surface area contributed by atoms with Crippen molar-refractivity contribution in [3.05, 3.63) is 124 Å². The van der Waals surface area contributed by atoms with Gasteiger partial charge in [0.2, 0.25) is 11.8 Å². The number of anilines is 1. The zero-order valence-electron chi connectivity index (χ0n) is 20.5. The molecule has 0 bridgehead atoms. The molecule has 3 aromatic carbocycles. The SMILES string of the molecule is Cc1ccc(N2C(=O)[C@@H]3[C@@H](C2=O)[C@@H]2C=C(C(=O)c4ccccc4)C=CN2[C@@H]3C(=O)c2ccc(Br)cc2)cc1. The van der Waals surface area contributed by atoms with Crippen molar-refractivity contribution in [1.29, 1.82) is 0 Å². The van der Waals surface area contributed by atoms with E-state index in [9.17, 15) is 19.2 Å². The Kier molecular flexibility index (Phi) is 5.95. The van der Waals surface area contributed by atoms with E-state index in [0.717, 1.165) is 10.0 Å². The van der Waals surface area contributed by atoms with Crippen LogP contribution in [0.5, 0.6) is 0 Å². The lowest BCUT2D eigenvalue weighted by atomic mass is 9.85. The highest BCUT2D eigenvalue weighted by Crippen LogP contribution is 2.47. The van der Waals surface area contributed by atoms with Gasteiger partial charge >= 0.3 is 0 Å². The number of nitrogens with zero attached hydrogens (tertiary/aromatic N) is 2. The molecule has 3 heterocycles. The van der Waals surface area contributed by atoms with Gasteiger partial charge in [0.25, 0.3) is 0 Å². The van der Waals surface area contributed by atoms with Gasteiger partial charge in [0, 0.05) is 27.4 Å². The third-order valence-electron chi connectivity index (χ3n) is 7.54. The van der Waals surface area contributed by atoms with Gasteiger partial charge in [0.15, 0.2) is 11.6 Å². The maximum Gasteiger partial charge on any atom is 0.240 e. The lowest BCUT2D eigenvalue weighted by Gasteiger charge is -2.32. The van der Waals surface area contributed by atoms with Crippen molar-refractivity contribution in [3.8, 4) is 0 Å². The van der Waals surface area contributed by atoms with Gasteiger partial charge < -0.3 is 4.90 Å². The van der Waals surface area contributed by atoms with Gasteiger partial charge in [-0.2, -0.15) is 0 Å². The molecule has 0 radical (unpaired) electrons. The van der Waals surface area contributed by atoms with Crippen LogP contribution in [0.15, 0.2) is 107 Å². The molecule has 6 nitrogen and oxygen atoms in total. The van der Waals surface area contributed by atoms with Crippen molar-refractivity contribution < 1.29 is 19.2 Å². The fourth-order valence-corrected chi connectivity index (χ4v) is 5.95. The minimum atomic E-state index is -0.878. The number of Topliss-reactive ketones (excluding diaryl/α,β-unsaturated/α-hetero) is 2. The molecule has 0 aliphatic carbocycles. The fraction of sp³-hybridized carbons (Fsp3) is 0.161. The molecule has 38 heavy (non-hydrogen) atoms. The van der Waals surface area contributed by atoms with E-state index in [2.05, 4.69) is 15.9 Å². The lowest BCUT2D eigenvalue weighted by molar-refractivity contribution is -0.123. The van der Waals surface area contributed by atoms with Crippen molar-refractivity contribution in [1.82, 2.24) is 4.90 Å². The number of imide groups is 1. The van der Waals surface area contributed by atoms with Gasteiger partial charge in [-0.25, -0.2) is 4.90 Å². The number of benzene rings is 3. The molecule has 2 amide bonds. The summed E-state index contributed by atoms with van der Waals surface area (Å²) in [6.07, 6.45) is 5.10. The monoisotopic (exact) mass is 566 g/mol. The summed E-state index contributed by atoms with van der Waals surface area (Å²) in [5.41, 5.74) is 2.91. The summed E-state index contributed by atoms with van der Waals surface area (Å²) in [5.74, 6) is -2.84. The normalized spacial score (nSPS) is 23.8. The average molecular weight is 567 g/mol. The molecule has 2 fully saturated rings. The van der Waals surface area contributed by atoms with Crippen LogP contribution in [0.2, 0.25) is 0 Å². The lowest BCUT2D eigenvalue weighted by Crippen LogP contribution is -2.46. The van der Waals surface area contributed by atoms with Crippen molar-refractivity contribution in [2.75, 3.05) is 4.90 Å². The Bertz CT molecular complexity index is 1530. The molecule has 0 aromatic heterocycles. The Hall–Kier alpha value is -4.10. The second-order valence-corrected chi connectivity index (χ2v) is 10.7. The molecule has 0 N–H and O–H groups in total. The smallest absolute Gasteiger partial charge is 0.240 e. The predicted octanol–water partition coefficient (Wildman–Crippen LogP) is 5.14. The van der Waals surface area contributed by atoms with E-state index in [-0.39, 0.29) is 17.5 Å². The summed E-state index contributed by atoms with van der Waals surface area (Å²) in [6, 6.07) is 21.6. The van der Waals surface area contributed by atoms with Crippen LogP contribution in [-0.4, -0.2) is 40.4 Å². The largest absolute Gasteiger partial charge is 0.359 e. The molecule has 3 aliphatic heterocycles. The number of fused-ring (bicyclic) bond motifs is 3. The Morgan fingerprint density at radius 2 is 1.45 bits per heavy atom. The van der Waals surface area contributed by atoms with E-state index in [0.29, 0.717) is 22.4 Å². The molecule has 3 aliphatic rings. The van der Waals surface area contributed by atoms with E-state index in [1.165, 1.54) is 4.90 Å². The van der Waals surface area contributed by atoms with E-state index in [1.54, 1.807) is 83.9 Å². The van der Waals surface area contributed by atoms with Crippen LogP contribution in [0.25, 0.3) is 0 Å². The number of hydrogen-bond acceptors (Lipinski definition) is 5. The first-order valence-corrected chi connectivity index (χ1v) is 13.2. The number of halogens is 1. The van der Waals surface area contributed by atoms with Crippen LogP contribution in [-0.2, 0) is 9.59 Å². The molecule has 188 valence electrons. The molecule has 0 unspecified atom stereocenters. The minimum Gasteiger partial charge on any atom is -0.359 e. The maximum atomic E-state index is 13.9. The van der Waals surface area contributed by atoms with Crippen LogP contribution in [0.4, 0.5) is 5.69 Å². The Labute approximate surface area is 228 Å². The predicted molar refractivity (Wildman–Crippen MR) is 147 cm³/mol. The highest BCUT2D eigenvalue weighted by molar-refractivity contribution is 9.10. The average Bonchev–Trinajstić information content (AvgIpc) is 3.41. The standard InChI is InChI=1S/C31H23BrN2O4/c1-18-7-13-23(14-8-18)34-30(37)25-24-17-21(28(35)19-5-3-2-4-6-19)15-16-33(24)27(26(25)31(34)38)29(36)20-9-11-22(32)12-10-20/h2-17,24-27H,1H3/t24-,25-,26+,27-/m0/s1. The topological polar surface area (TPSA) is 74.8 Å². The van der Waals surface area contributed by atoms with Gasteiger partial charge in [-0.05, 0) is 37.3 Å². The molecule has 3 aromatic rings. The van der Waals surface area contributed by atoms with E-state index >= 15 is 0 Å². The third kappa shape index (κ3) is 3.85. The number of carbonyl (C=O) groups excluding carboxylic acids is 4. The van der Waals surface area contributed by atoms with Crippen LogP contribution in [0.3, 0.4) is 0 Å². The number of rotatable bonds is 5. The Morgan fingerprint density at radius 1 is 0.789 bits per heavy atom. The summed E-state index contributed by atoms with van der Waals surface area (Å²) in [6.45, 7) is 1.93. The van der Waals surface area contributed by atoms with Gasteiger partial charge in [-0.1, -0.05) is 82.2 Å². The van der Waals surface area contributed by atoms with Crippen LogP contribution in [0.1, 0.15) is 26.3 Å². The number of amides is 2. The van der Waals surface area contributed by atoms with Crippen molar-refractivity contribution in [2.24, 2.45) is 11.8 Å². The third-order valence-corrected chi connectivity index (χ3v) is 8.06. The highest BCUT2D eigenvalue weighted by atomic mass is 79.9. The van der Waals surface area contributed by atoms with Crippen molar-refractivity contribution in [3.63, 3.8) is 0 Å². The molecule has 6 rings (SSSR count). The van der Waals surface area contributed by atoms with E-state index < -0.39 is 29.8 Å². The summed E-state index contributed by atoms with van der Waals surface area (Å²) >= 11 is 3.40. The van der Waals surface area contributed by atoms with Crippen LogP contribution < -0.4 is 4.90 Å². The van der Waals surface area contributed by atoms with Crippen molar-refractivity contribution in [2.45, 2.75) is 19.0 Å². The highest BCUT2D eigenvalue weighted by Gasteiger charge is 2.63. The zero-order chi connectivity index (χ0) is 26.6. The van der Waals surface area contributed by atoms with Gasteiger partial charge in [-0.15, -0.1) is 0 Å². The van der Waals surface area contributed by atoms with Gasteiger partial charge in [0.05, 0.1) is 23.6 Å². The maximum absolute atomic E-state index is 13.9. The number of allylic oxidation sites excluding steroid dienone is 2. The number of aryl methyl sites for hydroxylation is 1. The molecular weight excluding hydrogens is 544 g/mol. The first-order chi connectivity index (χ1) is 18.3. The molecule has 2 saturated heterocycles. The van der Waals surface area contributed by atoms with Crippen LogP contribution >= 0.6 is 15.9 Å². The summed E-state index contributed by atoms with van der Waals surface area (Å²) in [4.78, 5) is 57.8. The summed E-state index contributed by atoms with van der Waals surface area (Å²) < 4.78 is 0.832. The van der Waals surface area contributed by atoms with E-state index in [1.807, 2.05) is 25.1 Å². The number of ketones is 2. The number of hydrogen-bond donors (Lipinski definition) is 0. The minimum absolute atomic E-state index is 0.173. The first kappa shape index (κ1) is 24.2. The Morgan fingerprint density at radius 3 is 2.13 bits per heavy atom. The molecule has 4 atom stereocenters. The quantitative estimate of drug-likeness (QED) is 0.316. The summed E-state index contributed by atoms with van der Waals surface area (Å²) in [5, 5.41) is 0. The Balaban J connectivity index is 1.43. The molecule has 0 saturated carbocycles. The molecular formula is C31H23BrN2O4. The number of carbonyl (C=O) groups is 4.